The van der Waals surface area contributed by atoms with Crippen molar-refractivity contribution in [2.75, 3.05) is 26.4 Å². The molecule has 0 aromatic carbocycles. The van der Waals surface area contributed by atoms with Gasteiger partial charge in [-0.25, -0.2) is 13.9 Å². The minimum Gasteiger partial charge on any atom is -0.462 e. The SMILES string of the molecule is CCC(COP(=O)(O)O)C(=O)OCCOC(=O)C(COP(=O)(O)O)NC(C)=O. The van der Waals surface area contributed by atoms with Gasteiger partial charge >= 0.3 is 27.6 Å². The van der Waals surface area contributed by atoms with Gasteiger partial charge < -0.3 is 34.4 Å². The van der Waals surface area contributed by atoms with Crippen LogP contribution in [0.3, 0.4) is 0 Å². The normalized spacial score (nSPS) is 14.1. The van der Waals surface area contributed by atoms with Gasteiger partial charge in [0.05, 0.1) is 19.1 Å². The van der Waals surface area contributed by atoms with Gasteiger partial charge in [-0.2, -0.15) is 0 Å². The van der Waals surface area contributed by atoms with E-state index in [4.69, 9.17) is 29.0 Å². The Hall–Kier alpha value is -1.37. The first-order valence-corrected chi connectivity index (χ1v) is 10.8. The summed E-state index contributed by atoms with van der Waals surface area (Å²) in [6.45, 7) is 0.345. The van der Waals surface area contributed by atoms with E-state index in [0.717, 1.165) is 6.92 Å². The summed E-state index contributed by atoms with van der Waals surface area (Å²) in [4.78, 5) is 69.1. The predicted molar refractivity (Wildman–Crippen MR) is 89.3 cm³/mol. The molecule has 2 atom stereocenters. The summed E-state index contributed by atoms with van der Waals surface area (Å²) in [5.41, 5.74) is 0. The molecule has 0 aromatic rings. The van der Waals surface area contributed by atoms with E-state index in [0.29, 0.717) is 0 Å². The summed E-state index contributed by atoms with van der Waals surface area (Å²) >= 11 is 0. The minimum absolute atomic E-state index is 0.170. The molecular weight excluding hydrogens is 428 g/mol. The highest BCUT2D eigenvalue weighted by Gasteiger charge is 2.26. The highest BCUT2D eigenvalue weighted by atomic mass is 31.2. The van der Waals surface area contributed by atoms with Crippen LogP contribution in [0.5, 0.6) is 0 Å². The summed E-state index contributed by atoms with van der Waals surface area (Å²) < 4.78 is 39.2. The van der Waals surface area contributed by atoms with Gasteiger partial charge in [0.1, 0.15) is 13.2 Å². The number of hydrogen-bond acceptors (Lipinski definition) is 9. The quantitative estimate of drug-likeness (QED) is 0.127. The third kappa shape index (κ3) is 13.7. The third-order valence-corrected chi connectivity index (χ3v) is 3.88. The van der Waals surface area contributed by atoms with Crippen molar-refractivity contribution in [2.24, 2.45) is 5.92 Å². The van der Waals surface area contributed by atoms with Crippen LogP contribution in [0.1, 0.15) is 20.3 Å². The lowest BCUT2D eigenvalue weighted by Gasteiger charge is -2.18. The zero-order chi connectivity index (χ0) is 22.0. The number of carbonyl (C=O) groups excluding carboxylic acids is 3. The molecule has 0 aromatic heterocycles. The highest BCUT2D eigenvalue weighted by molar-refractivity contribution is 7.46. The Bertz CT molecular complexity index is 627. The lowest BCUT2D eigenvalue weighted by Crippen LogP contribution is -2.44. The largest absolute Gasteiger partial charge is 0.469 e. The number of carbonyl (C=O) groups is 3. The second-order valence-corrected chi connectivity index (χ2v) is 7.74. The fraction of sp³-hybridized carbons (Fsp3) is 0.750. The smallest absolute Gasteiger partial charge is 0.462 e. The van der Waals surface area contributed by atoms with Crippen molar-refractivity contribution < 1.29 is 61.6 Å². The van der Waals surface area contributed by atoms with Crippen molar-refractivity contribution >= 4 is 33.5 Å². The summed E-state index contributed by atoms with van der Waals surface area (Å²) in [5, 5.41) is 2.08. The van der Waals surface area contributed by atoms with E-state index < -0.39 is 71.9 Å². The zero-order valence-electron chi connectivity index (χ0n) is 15.0. The molecule has 2 unspecified atom stereocenters. The van der Waals surface area contributed by atoms with E-state index in [1.807, 2.05) is 0 Å². The first kappa shape index (κ1) is 26.6. The molecule has 28 heavy (non-hydrogen) atoms. The van der Waals surface area contributed by atoms with Crippen molar-refractivity contribution in [2.45, 2.75) is 26.3 Å². The summed E-state index contributed by atoms with van der Waals surface area (Å²) in [6.07, 6.45) is 0.170. The van der Waals surface area contributed by atoms with E-state index in [1.165, 1.54) is 0 Å². The Kier molecular flexibility index (Phi) is 11.6. The second kappa shape index (κ2) is 12.2. The highest BCUT2D eigenvalue weighted by Crippen LogP contribution is 2.36. The molecule has 0 spiro atoms. The number of rotatable bonds is 13. The molecule has 1 amide bonds. The van der Waals surface area contributed by atoms with Crippen molar-refractivity contribution in [3.63, 3.8) is 0 Å². The van der Waals surface area contributed by atoms with Crippen LogP contribution in [0.15, 0.2) is 0 Å². The molecule has 0 saturated carbocycles. The van der Waals surface area contributed by atoms with E-state index in [9.17, 15) is 23.5 Å². The van der Waals surface area contributed by atoms with Crippen molar-refractivity contribution in [1.29, 1.82) is 0 Å². The van der Waals surface area contributed by atoms with Gasteiger partial charge in [-0.3, -0.25) is 18.6 Å². The van der Waals surface area contributed by atoms with Crippen LogP contribution in [-0.4, -0.2) is 69.9 Å². The molecule has 0 heterocycles. The van der Waals surface area contributed by atoms with Gasteiger partial charge in [-0.1, -0.05) is 6.92 Å². The van der Waals surface area contributed by atoms with Crippen LogP contribution in [0, 0.1) is 5.92 Å². The van der Waals surface area contributed by atoms with Crippen LogP contribution in [0.2, 0.25) is 0 Å². The number of ether oxygens (including phenoxy) is 2. The third-order valence-electron chi connectivity index (χ3n) is 2.91. The van der Waals surface area contributed by atoms with Gasteiger partial charge in [0.25, 0.3) is 0 Å². The van der Waals surface area contributed by atoms with Gasteiger partial charge in [0.15, 0.2) is 6.04 Å². The predicted octanol–water partition coefficient (Wildman–Crippen LogP) is -1.18. The molecule has 14 nitrogen and oxygen atoms in total. The minimum atomic E-state index is -4.88. The fourth-order valence-electron chi connectivity index (χ4n) is 1.63. The van der Waals surface area contributed by atoms with Crippen LogP contribution in [0.25, 0.3) is 0 Å². The maximum absolute atomic E-state index is 11.8. The summed E-state index contributed by atoms with van der Waals surface area (Å²) in [6, 6.07) is -1.50. The van der Waals surface area contributed by atoms with Crippen molar-refractivity contribution in [1.82, 2.24) is 5.32 Å². The molecule has 16 heteroatoms. The second-order valence-electron chi connectivity index (χ2n) is 5.27. The van der Waals surface area contributed by atoms with Crippen LogP contribution >= 0.6 is 15.6 Å². The first-order valence-electron chi connectivity index (χ1n) is 7.75. The maximum atomic E-state index is 11.8. The Morgan fingerprint density at radius 1 is 0.893 bits per heavy atom. The molecule has 0 saturated heterocycles. The lowest BCUT2D eigenvalue weighted by atomic mass is 10.1. The molecule has 5 N–H and O–H groups in total. The van der Waals surface area contributed by atoms with Crippen LogP contribution < -0.4 is 5.32 Å². The maximum Gasteiger partial charge on any atom is 0.469 e. The molecule has 0 radical (unpaired) electrons. The van der Waals surface area contributed by atoms with E-state index >= 15 is 0 Å². The fourth-order valence-corrected chi connectivity index (χ4v) is 2.35. The van der Waals surface area contributed by atoms with Crippen LogP contribution in [0.4, 0.5) is 0 Å². The molecule has 0 fully saturated rings. The molecular formula is C12H23NO13P2. The standard InChI is InChI=1S/C12H23NO13P2/c1-3-9(6-25-27(17,18)19)11(15)23-4-5-24-12(16)10(13-8(2)14)7-26-28(20,21)22/h9-10H,3-7H2,1-2H3,(H,13,14)(H2,17,18,19)(H2,20,21,22). The molecule has 0 aliphatic rings. The topological polar surface area (TPSA) is 215 Å². The Morgan fingerprint density at radius 3 is 1.79 bits per heavy atom. The van der Waals surface area contributed by atoms with E-state index in [1.54, 1.807) is 6.92 Å². The Morgan fingerprint density at radius 2 is 1.36 bits per heavy atom. The molecule has 0 rings (SSSR count). The van der Waals surface area contributed by atoms with E-state index in [-0.39, 0.29) is 6.42 Å². The monoisotopic (exact) mass is 451 g/mol. The molecule has 0 aliphatic carbocycles. The average molecular weight is 451 g/mol. The summed E-state index contributed by atoms with van der Waals surface area (Å²) in [7, 11) is -9.61. The van der Waals surface area contributed by atoms with Gasteiger partial charge in [-0.05, 0) is 6.42 Å². The number of nitrogens with one attached hydrogen (secondary N) is 1. The summed E-state index contributed by atoms with van der Waals surface area (Å²) in [5.74, 6) is -3.56. The molecule has 164 valence electrons. The van der Waals surface area contributed by atoms with Gasteiger partial charge in [0, 0.05) is 6.92 Å². The number of phosphoric ester groups is 2. The Balaban J connectivity index is 4.43. The van der Waals surface area contributed by atoms with Gasteiger partial charge in [0.2, 0.25) is 5.91 Å². The first-order chi connectivity index (χ1) is 12.7. The van der Waals surface area contributed by atoms with Gasteiger partial charge in [-0.15, -0.1) is 0 Å². The Labute approximate surface area is 160 Å². The number of hydrogen-bond donors (Lipinski definition) is 5. The zero-order valence-corrected chi connectivity index (χ0v) is 16.8. The number of esters is 2. The van der Waals surface area contributed by atoms with Crippen LogP contribution in [-0.2, 0) is 42.0 Å². The molecule has 0 aliphatic heterocycles. The number of amides is 1. The van der Waals surface area contributed by atoms with Crippen molar-refractivity contribution in [3.05, 3.63) is 0 Å². The lowest BCUT2D eigenvalue weighted by molar-refractivity contribution is -0.157. The average Bonchev–Trinajstić information content (AvgIpc) is 2.53. The number of phosphoric acid groups is 2. The van der Waals surface area contributed by atoms with Crippen molar-refractivity contribution in [3.8, 4) is 0 Å². The van der Waals surface area contributed by atoms with E-state index in [2.05, 4.69) is 14.4 Å². The molecule has 0 bridgehead atoms.